The molecule has 0 bridgehead atoms. The molecule has 0 atom stereocenters. The predicted molar refractivity (Wildman–Crippen MR) is 60.5 cm³/mol. The lowest BCUT2D eigenvalue weighted by atomic mass is 9.92. The first-order valence-electron chi connectivity index (χ1n) is 5.50. The van der Waals surface area contributed by atoms with E-state index in [2.05, 4.69) is 17.1 Å². The van der Waals surface area contributed by atoms with Gasteiger partial charge in [0.05, 0.1) is 5.69 Å². The van der Waals surface area contributed by atoms with Crippen LogP contribution in [-0.2, 0) is 11.2 Å². The van der Waals surface area contributed by atoms with Gasteiger partial charge in [-0.1, -0.05) is 0 Å². The third kappa shape index (κ3) is 2.34. The number of rotatable bonds is 3. The fourth-order valence-corrected chi connectivity index (χ4v) is 2.38. The number of hydrogen-bond acceptors (Lipinski definition) is 2. The van der Waals surface area contributed by atoms with E-state index in [1.54, 1.807) is 0 Å². The Bertz CT molecular complexity index is 318. The molecule has 1 aliphatic heterocycles. The van der Waals surface area contributed by atoms with Crippen molar-refractivity contribution in [1.82, 2.24) is 10.2 Å². The molecule has 1 fully saturated rings. The topological polar surface area (TPSA) is 37.9 Å². The van der Waals surface area contributed by atoms with Gasteiger partial charge in [0.2, 0.25) is 0 Å². The van der Waals surface area contributed by atoms with Crippen LogP contribution in [0.15, 0.2) is 0 Å². The summed E-state index contributed by atoms with van der Waals surface area (Å²) in [6, 6.07) is 0. The molecule has 0 spiro atoms. The maximum Gasteiger partial charge on any atom is 0.0689 e. The van der Waals surface area contributed by atoms with Gasteiger partial charge in [-0.25, -0.2) is 0 Å². The van der Waals surface area contributed by atoms with Crippen molar-refractivity contribution in [2.75, 3.05) is 19.1 Å². The minimum atomic E-state index is 0.557. The molecule has 1 saturated heterocycles. The van der Waals surface area contributed by atoms with Crippen LogP contribution >= 0.6 is 11.6 Å². The highest BCUT2D eigenvalue weighted by Gasteiger charge is 2.22. The molecular weight excluding hydrogens is 212 g/mol. The van der Waals surface area contributed by atoms with Gasteiger partial charge in [-0.3, -0.25) is 5.10 Å². The number of aromatic amines is 1. The minimum absolute atomic E-state index is 0.557. The average molecular weight is 229 g/mol. The van der Waals surface area contributed by atoms with Crippen molar-refractivity contribution in [3.8, 4) is 0 Å². The third-order valence-electron chi connectivity index (χ3n) is 3.06. The number of hydrogen-bond donors (Lipinski definition) is 1. The Kier molecular flexibility index (Phi) is 3.65. The molecule has 3 nitrogen and oxygen atoms in total. The van der Waals surface area contributed by atoms with Crippen LogP contribution < -0.4 is 0 Å². The largest absolute Gasteiger partial charge is 0.381 e. The Balaban J connectivity index is 2.18. The highest BCUT2D eigenvalue weighted by atomic mass is 35.5. The summed E-state index contributed by atoms with van der Waals surface area (Å²) in [4.78, 5) is 0. The van der Waals surface area contributed by atoms with Gasteiger partial charge in [0.1, 0.15) is 0 Å². The van der Waals surface area contributed by atoms with Crippen LogP contribution in [0.2, 0.25) is 0 Å². The Morgan fingerprint density at radius 3 is 2.87 bits per heavy atom. The summed E-state index contributed by atoms with van der Waals surface area (Å²) in [5, 5.41) is 7.49. The Morgan fingerprint density at radius 2 is 2.20 bits per heavy atom. The maximum atomic E-state index is 5.81. The molecule has 1 aromatic heterocycles. The predicted octanol–water partition coefficient (Wildman–Crippen LogP) is 2.39. The summed E-state index contributed by atoms with van der Waals surface area (Å²) in [5.74, 6) is 1.22. The zero-order chi connectivity index (χ0) is 10.7. The van der Waals surface area contributed by atoms with Gasteiger partial charge in [-0.05, 0) is 31.7 Å². The molecule has 2 rings (SSSR count). The van der Waals surface area contributed by atoms with E-state index in [0.717, 1.165) is 38.2 Å². The lowest BCUT2D eigenvalue weighted by Gasteiger charge is -2.21. The van der Waals surface area contributed by atoms with E-state index in [1.165, 1.54) is 11.3 Å². The first-order chi connectivity index (χ1) is 7.33. The van der Waals surface area contributed by atoms with Crippen molar-refractivity contribution in [2.24, 2.45) is 0 Å². The van der Waals surface area contributed by atoms with Crippen molar-refractivity contribution in [2.45, 2.75) is 32.1 Å². The molecule has 1 N–H and O–H groups in total. The number of alkyl halides is 1. The zero-order valence-corrected chi connectivity index (χ0v) is 9.81. The van der Waals surface area contributed by atoms with Gasteiger partial charge < -0.3 is 4.74 Å². The van der Waals surface area contributed by atoms with Gasteiger partial charge in [0.25, 0.3) is 0 Å². The molecule has 15 heavy (non-hydrogen) atoms. The van der Waals surface area contributed by atoms with E-state index < -0.39 is 0 Å². The minimum Gasteiger partial charge on any atom is -0.381 e. The lowest BCUT2D eigenvalue weighted by Crippen LogP contribution is -2.15. The lowest BCUT2D eigenvalue weighted by molar-refractivity contribution is 0.0843. The summed E-state index contributed by atoms with van der Waals surface area (Å²) in [5.41, 5.74) is 3.70. The molecule has 4 heteroatoms. The molecule has 0 unspecified atom stereocenters. The van der Waals surface area contributed by atoms with Crippen LogP contribution in [0.5, 0.6) is 0 Å². The highest BCUT2D eigenvalue weighted by Crippen LogP contribution is 2.29. The standard InChI is InChI=1S/C11H17ClN2O/c1-8-10(2-5-12)11(14-13-8)9-3-6-15-7-4-9/h9H,2-7H2,1H3,(H,13,14). The third-order valence-corrected chi connectivity index (χ3v) is 3.25. The van der Waals surface area contributed by atoms with E-state index in [1.807, 2.05) is 0 Å². The molecule has 0 saturated carbocycles. The number of H-pyrrole nitrogens is 1. The van der Waals surface area contributed by atoms with E-state index in [9.17, 15) is 0 Å². The molecule has 0 amide bonds. The monoisotopic (exact) mass is 228 g/mol. The van der Waals surface area contributed by atoms with Crippen LogP contribution in [-0.4, -0.2) is 29.3 Å². The van der Waals surface area contributed by atoms with E-state index in [-0.39, 0.29) is 0 Å². The van der Waals surface area contributed by atoms with Crippen molar-refractivity contribution in [3.05, 3.63) is 17.0 Å². The van der Waals surface area contributed by atoms with Crippen LogP contribution in [0.3, 0.4) is 0 Å². The first kappa shape index (κ1) is 11.0. The van der Waals surface area contributed by atoms with Gasteiger partial charge in [0.15, 0.2) is 0 Å². The van der Waals surface area contributed by atoms with Gasteiger partial charge in [0, 0.05) is 30.7 Å². The maximum absolute atomic E-state index is 5.81. The molecule has 2 heterocycles. The van der Waals surface area contributed by atoms with Gasteiger partial charge in [-0.2, -0.15) is 5.10 Å². The molecule has 1 aromatic rings. The second kappa shape index (κ2) is 4.99. The first-order valence-corrected chi connectivity index (χ1v) is 6.04. The number of aryl methyl sites for hydroxylation is 1. The number of nitrogens with zero attached hydrogens (tertiary/aromatic N) is 1. The second-order valence-corrected chi connectivity index (χ2v) is 4.42. The molecule has 1 aliphatic rings. The molecule has 0 aromatic carbocycles. The van der Waals surface area contributed by atoms with Crippen LogP contribution in [0, 0.1) is 6.92 Å². The van der Waals surface area contributed by atoms with E-state index in [0.29, 0.717) is 11.8 Å². The highest BCUT2D eigenvalue weighted by molar-refractivity contribution is 6.18. The van der Waals surface area contributed by atoms with E-state index in [4.69, 9.17) is 16.3 Å². The van der Waals surface area contributed by atoms with Crippen molar-refractivity contribution >= 4 is 11.6 Å². The van der Waals surface area contributed by atoms with Gasteiger partial charge >= 0.3 is 0 Å². The number of halogens is 1. The van der Waals surface area contributed by atoms with Gasteiger partial charge in [-0.15, -0.1) is 11.6 Å². The van der Waals surface area contributed by atoms with Crippen LogP contribution in [0.4, 0.5) is 0 Å². The summed E-state index contributed by atoms with van der Waals surface area (Å²) in [6.07, 6.45) is 3.08. The van der Waals surface area contributed by atoms with Crippen molar-refractivity contribution in [3.63, 3.8) is 0 Å². The zero-order valence-electron chi connectivity index (χ0n) is 9.05. The summed E-state index contributed by atoms with van der Waals surface area (Å²) >= 11 is 5.81. The van der Waals surface area contributed by atoms with Crippen LogP contribution in [0.25, 0.3) is 0 Å². The molecule has 0 radical (unpaired) electrons. The smallest absolute Gasteiger partial charge is 0.0689 e. The fraction of sp³-hybridized carbons (Fsp3) is 0.727. The number of ether oxygens (including phenoxy) is 1. The molecule has 84 valence electrons. The summed E-state index contributed by atoms with van der Waals surface area (Å²) < 4.78 is 5.36. The quantitative estimate of drug-likeness (QED) is 0.807. The van der Waals surface area contributed by atoms with E-state index >= 15 is 0 Å². The molecular formula is C11H17ClN2O. The Hall–Kier alpha value is -0.540. The van der Waals surface area contributed by atoms with Crippen molar-refractivity contribution in [1.29, 1.82) is 0 Å². The number of aromatic nitrogens is 2. The number of nitrogens with one attached hydrogen (secondary N) is 1. The summed E-state index contributed by atoms with van der Waals surface area (Å²) in [6.45, 7) is 3.78. The Morgan fingerprint density at radius 1 is 1.47 bits per heavy atom. The normalized spacial score (nSPS) is 18.3. The van der Waals surface area contributed by atoms with Crippen molar-refractivity contribution < 1.29 is 4.74 Å². The Labute approximate surface area is 95.2 Å². The average Bonchev–Trinajstić information content (AvgIpc) is 2.63. The second-order valence-electron chi connectivity index (χ2n) is 4.04. The SMILES string of the molecule is Cc1[nH]nc(C2CCOCC2)c1CCCl. The fourth-order valence-electron chi connectivity index (χ4n) is 2.19. The van der Waals surface area contributed by atoms with Crippen LogP contribution in [0.1, 0.15) is 35.7 Å². The molecule has 0 aliphatic carbocycles. The summed E-state index contributed by atoms with van der Waals surface area (Å²) in [7, 11) is 0.